The van der Waals surface area contributed by atoms with E-state index in [9.17, 15) is 18.0 Å². The van der Waals surface area contributed by atoms with Gasteiger partial charge in [0.2, 0.25) is 0 Å². The van der Waals surface area contributed by atoms with Crippen molar-refractivity contribution in [3.05, 3.63) is 0 Å². The van der Waals surface area contributed by atoms with Gasteiger partial charge in [-0.25, -0.2) is 0 Å². The summed E-state index contributed by atoms with van der Waals surface area (Å²) in [4.78, 5) is 10.4. The van der Waals surface area contributed by atoms with Gasteiger partial charge in [0, 0.05) is 6.61 Å². The molecule has 12 heavy (non-hydrogen) atoms. The van der Waals surface area contributed by atoms with Crippen LogP contribution in [-0.2, 0) is 9.53 Å². The molecule has 1 fully saturated rings. The summed E-state index contributed by atoms with van der Waals surface area (Å²) in [5.74, 6) is 0. The van der Waals surface area contributed by atoms with Gasteiger partial charge in [0.15, 0.2) is 0 Å². The maximum absolute atomic E-state index is 11.9. The highest BCUT2D eigenvalue weighted by molar-refractivity contribution is 5.60. The molecule has 70 valence electrons. The highest BCUT2D eigenvalue weighted by atomic mass is 19.4. The molecule has 1 unspecified atom stereocenters. The fourth-order valence-electron chi connectivity index (χ4n) is 1.30. The zero-order valence-electron chi connectivity index (χ0n) is 6.36. The lowest BCUT2D eigenvalue weighted by atomic mass is 9.85. The molecule has 1 rings (SSSR count). The highest BCUT2D eigenvalue weighted by Crippen LogP contribution is 2.37. The van der Waals surface area contributed by atoms with Crippen molar-refractivity contribution in [2.75, 3.05) is 13.2 Å². The lowest BCUT2D eigenvalue weighted by Gasteiger charge is -2.20. The normalized spacial score (nSPS) is 30.6. The number of hydrogen-bond donors (Lipinski definition) is 0. The molecule has 1 saturated heterocycles. The first-order valence-corrected chi connectivity index (χ1v) is 3.58. The number of carbonyl (C=O) groups is 1. The molecule has 0 aliphatic carbocycles. The van der Waals surface area contributed by atoms with Gasteiger partial charge >= 0.3 is 6.18 Å². The molecule has 0 bridgehead atoms. The predicted molar refractivity (Wildman–Crippen MR) is 34.6 cm³/mol. The number of carbonyl (C=O) groups excluding carboxylic acids is 1. The number of rotatable bonds is 2. The van der Waals surface area contributed by atoms with E-state index < -0.39 is 18.0 Å². The molecular weight excluding hydrogens is 173 g/mol. The fourth-order valence-corrected chi connectivity index (χ4v) is 1.30. The predicted octanol–water partition coefficient (Wildman–Crippen LogP) is 1.54. The summed E-state index contributed by atoms with van der Waals surface area (Å²) in [6.07, 6.45) is -4.80. The zero-order valence-corrected chi connectivity index (χ0v) is 6.36. The van der Waals surface area contributed by atoms with E-state index >= 15 is 0 Å². The number of aldehydes is 1. The molecule has 1 heterocycles. The van der Waals surface area contributed by atoms with Gasteiger partial charge in [-0.2, -0.15) is 13.2 Å². The van der Waals surface area contributed by atoms with E-state index in [4.69, 9.17) is 4.74 Å². The Kier molecular flexibility index (Phi) is 2.41. The average Bonchev–Trinajstić information content (AvgIpc) is 2.34. The molecule has 0 radical (unpaired) electrons. The van der Waals surface area contributed by atoms with Crippen LogP contribution in [-0.4, -0.2) is 25.7 Å². The van der Waals surface area contributed by atoms with E-state index in [1.807, 2.05) is 0 Å². The van der Waals surface area contributed by atoms with Gasteiger partial charge in [0.1, 0.15) is 6.29 Å². The van der Waals surface area contributed by atoms with Crippen LogP contribution in [0.15, 0.2) is 0 Å². The van der Waals surface area contributed by atoms with E-state index in [0.717, 1.165) is 0 Å². The first-order valence-electron chi connectivity index (χ1n) is 3.58. The number of ether oxygens (including phenoxy) is 1. The Morgan fingerprint density at radius 1 is 1.50 bits per heavy atom. The smallest absolute Gasteiger partial charge is 0.380 e. The van der Waals surface area contributed by atoms with Crippen LogP contribution in [0.5, 0.6) is 0 Å². The molecule has 1 aliphatic heterocycles. The SMILES string of the molecule is O=CC1(CC(F)(F)F)CCOC1. The van der Waals surface area contributed by atoms with Crippen molar-refractivity contribution in [3.8, 4) is 0 Å². The quantitative estimate of drug-likeness (QED) is 0.605. The summed E-state index contributed by atoms with van der Waals surface area (Å²) >= 11 is 0. The molecule has 0 spiro atoms. The lowest BCUT2D eigenvalue weighted by Crippen LogP contribution is -2.29. The van der Waals surface area contributed by atoms with Crippen LogP contribution in [0.1, 0.15) is 12.8 Å². The largest absolute Gasteiger partial charge is 0.390 e. The number of hydrogen-bond acceptors (Lipinski definition) is 2. The van der Waals surface area contributed by atoms with E-state index in [1.165, 1.54) is 0 Å². The van der Waals surface area contributed by atoms with Crippen molar-refractivity contribution in [2.24, 2.45) is 5.41 Å². The molecule has 0 amide bonds. The second-order valence-corrected chi connectivity index (χ2v) is 3.07. The van der Waals surface area contributed by atoms with E-state index in [-0.39, 0.29) is 19.6 Å². The van der Waals surface area contributed by atoms with Crippen LogP contribution < -0.4 is 0 Å². The molecule has 0 saturated carbocycles. The lowest BCUT2D eigenvalue weighted by molar-refractivity contribution is -0.162. The number of halogens is 3. The molecule has 0 aromatic heterocycles. The van der Waals surface area contributed by atoms with E-state index in [1.54, 1.807) is 0 Å². The Bertz CT molecular complexity index is 170. The molecule has 1 aliphatic rings. The number of alkyl halides is 3. The maximum atomic E-state index is 11.9. The highest BCUT2D eigenvalue weighted by Gasteiger charge is 2.44. The second kappa shape index (κ2) is 3.05. The first-order chi connectivity index (χ1) is 5.47. The third kappa shape index (κ3) is 2.20. The minimum atomic E-state index is -4.28. The van der Waals surface area contributed by atoms with Crippen molar-refractivity contribution in [1.82, 2.24) is 0 Å². The van der Waals surface area contributed by atoms with Crippen molar-refractivity contribution in [3.63, 3.8) is 0 Å². The molecule has 5 heteroatoms. The van der Waals surface area contributed by atoms with Gasteiger partial charge in [0.05, 0.1) is 18.4 Å². The van der Waals surface area contributed by atoms with Crippen LogP contribution in [0.25, 0.3) is 0 Å². The third-order valence-electron chi connectivity index (χ3n) is 1.94. The van der Waals surface area contributed by atoms with Gasteiger partial charge in [-0.15, -0.1) is 0 Å². The van der Waals surface area contributed by atoms with Gasteiger partial charge in [-0.05, 0) is 6.42 Å². The average molecular weight is 182 g/mol. The van der Waals surface area contributed by atoms with E-state index in [2.05, 4.69) is 0 Å². The van der Waals surface area contributed by atoms with Crippen LogP contribution in [0, 0.1) is 5.41 Å². The van der Waals surface area contributed by atoms with Gasteiger partial charge in [-0.1, -0.05) is 0 Å². The minimum absolute atomic E-state index is 0.101. The van der Waals surface area contributed by atoms with Crippen LogP contribution in [0.4, 0.5) is 13.2 Å². The molecular formula is C7H9F3O2. The van der Waals surface area contributed by atoms with Crippen LogP contribution >= 0.6 is 0 Å². The Morgan fingerprint density at radius 3 is 2.50 bits per heavy atom. The van der Waals surface area contributed by atoms with Crippen molar-refractivity contribution >= 4 is 6.29 Å². The first kappa shape index (κ1) is 9.51. The Morgan fingerprint density at radius 2 is 2.17 bits per heavy atom. The minimum Gasteiger partial charge on any atom is -0.380 e. The Balaban J connectivity index is 2.62. The monoisotopic (exact) mass is 182 g/mol. The molecule has 0 N–H and O–H groups in total. The molecule has 0 aromatic rings. The van der Waals surface area contributed by atoms with Crippen LogP contribution in [0.2, 0.25) is 0 Å². The summed E-state index contributed by atoms with van der Waals surface area (Å²) in [6.45, 7) is 0.144. The zero-order chi connectivity index (χ0) is 9.24. The fraction of sp³-hybridized carbons (Fsp3) is 0.857. The summed E-state index contributed by atoms with van der Waals surface area (Å²) < 4.78 is 40.5. The molecule has 1 atom stereocenters. The van der Waals surface area contributed by atoms with Gasteiger partial charge in [0.25, 0.3) is 0 Å². The van der Waals surface area contributed by atoms with Gasteiger partial charge in [-0.3, -0.25) is 0 Å². The Labute approximate surface area is 67.7 Å². The van der Waals surface area contributed by atoms with Crippen molar-refractivity contribution in [1.29, 1.82) is 0 Å². The van der Waals surface area contributed by atoms with Crippen molar-refractivity contribution < 1.29 is 22.7 Å². The summed E-state index contributed by atoms with van der Waals surface area (Å²) in [7, 11) is 0. The standard InChI is InChI=1S/C7H9F3O2/c8-7(9,10)3-6(4-11)1-2-12-5-6/h4H,1-3,5H2. The Hall–Kier alpha value is -0.580. The van der Waals surface area contributed by atoms with Gasteiger partial charge < -0.3 is 9.53 Å². The summed E-state index contributed by atoms with van der Waals surface area (Å²) in [6, 6.07) is 0. The summed E-state index contributed by atoms with van der Waals surface area (Å²) in [5.41, 5.74) is -1.31. The third-order valence-corrected chi connectivity index (χ3v) is 1.94. The molecule has 0 aromatic carbocycles. The molecule has 2 nitrogen and oxygen atoms in total. The topological polar surface area (TPSA) is 26.3 Å². The summed E-state index contributed by atoms with van der Waals surface area (Å²) in [5, 5.41) is 0. The maximum Gasteiger partial charge on any atom is 0.390 e. The second-order valence-electron chi connectivity index (χ2n) is 3.07. The van der Waals surface area contributed by atoms with Crippen LogP contribution in [0.3, 0.4) is 0 Å². The van der Waals surface area contributed by atoms with E-state index in [0.29, 0.717) is 6.29 Å². The van der Waals surface area contributed by atoms with Crippen molar-refractivity contribution in [2.45, 2.75) is 19.0 Å².